The largest absolute Gasteiger partial charge is 0.436 e. The molecule has 0 aliphatic heterocycles. The van der Waals surface area contributed by atoms with E-state index in [9.17, 15) is 9.18 Å². The highest BCUT2D eigenvalue weighted by Gasteiger charge is 2.16. The molecule has 31 heavy (non-hydrogen) atoms. The van der Waals surface area contributed by atoms with Crippen molar-refractivity contribution in [2.45, 2.75) is 13.8 Å². The molecule has 0 fully saturated rings. The zero-order chi connectivity index (χ0) is 21.5. The first kappa shape index (κ1) is 18.9. The molecule has 1 N–H and O–H groups in total. The Balaban J connectivity index is 1.44. The van der Waals surface area contributed by atoms with Gasteiger partial charge in [-0.2, -0.15) is 0 Å². The van der Waals surface area contributed by atoms with Gasteiger partial charge in [0.1, 0.15) is 16.9 Å². The van der Waals surface area contributed by atoms with Crippen molar-refractivity contribution in [3.05, 3.63) is 83.4 Å². The fourth-order valence-corrected chi connectivity index (χ4v) is 3.36. The molecule has 6 nitrogen and oxygen atoms in total. The quantitative estimate of drug-likeness (QED) is 0.426. The fourth-order valence-electron chi connectivity index (χ4n) is 3.36. The standard InChI is InChI=1S/C24H17FN4O2/c1-13-14(2)27-22-18(11-16(25)12-20(22)26-13)23(30)28-17-9-7-15(8-10-17)24-29-19-5-3-4-6-21(19)31-24/h3-12H,1-2H3,(H,28,30). The molecule has 0 aliphatic rings. The molecule has 2 aromatic heterocycles. The number of amides is 1. The van der Waals surface area contributed by atoms with Gasteiger partial charge in [-0.3, -0.25) is 4.79 Å². The summed E-state index contributed by atoms with van der Waals surface area (Å²) in [5.41, 5.74) is 5.05. The minimum absolute atomic E-state index is 0.133. The minimum Gasteiger partial charge on any atom is -0.436 e. The lowest BCUT2D eigenvalue weighted by Gasteiger charge is -2.10. The Morgan fingerprint density at radius 2 is 1.65 bits per heavy atom. The monoisotopic (exact) mass is 412 g/mol. The molecular formula is C24H17FN4O2. The Kier molecular flexibility index (Phi) is 4.43. The van der Waals surface area contributed by atoms with Crippen molar-refractivity contribution >= 4 is 33.7 Å². The van der Waals surface area contributed by atoms with Crippen molar-refractivity contribution in [3.8, 4) is 11.5 Å². The number of nitrogens with zero attached hydrogens (tertiary/aromatic N) is 3. The molecule has 1 amide bonds. The zero-order valence-corrected chi connectivity index (χ0v) is 16.8. The lowest BCUT2D eigenvalue weighted by Crippen LogP contribution is -2.14. The molecule has 0 radical (unpaired) electrons. The first-order valence-electron chi connectivity index (χ1n) is 9.70. The normalized spacial score (nSPS) is 11.2. The van der Waals surface area contributed by atoms with Crippen LogP contribution in [0.15, 0.2) is 65.1 Å². The number of nitrogens with one attached hydrogen (secondary N) is 1. The highest BCUT2D eigenvalue weighted by atomic mass is 19.1. The van der Waals surface area contributed by atoms with Crippen molar-refractivity contribution in [1.29, 1.82) is 0 Å². The van der Waals surface area contributed by atoms with Gasteiger partial charge in [-0.05, 0) is 56.3 Å². The Morgan fingerprint density at radius 1 is 0.903 bits per heavy atom. The third kappa shape index (κ3) is 3.50. The summed E-state index contributed by atoms with van der Waals surface area (Å²) < 4.78 is 19.9. The minimum atomic E-state index is -0.540. The van der Waals surface area contributed by atoms with Crippen LogP contribution in [0.1, 0.15) is 21.7 Å². The van der Waals surface area contributed by atoms with Crippen LogP contribution in [0.5, 0.6) is 0 Å². The maximum absolute atomic E-state index is 14.1. The van der Waals surface area contributed by atoms with Crippen LogP contribution in [0, 0.1) is 19.7 Å². The van der Waals surface area contributed by atoms with E-state index < -0.39 is 11.7 Å². The number of benzene rings is 3. The Bertz CT molecular complexity index is 1430. The van der Waals surface area contributed by atoms with Gasteiger partial charge in [-0.1, -0.05) is 12.1 Å². The topological polar surface area (TPSA) is 80.9 Å². The number of hydrogen-bond acceptors (Lipinski definition) is 5. The van der Waals surface area contributed by atoms with E-state index in [1.807, 2.05) is 24.3 Å². The molecule has 0 spiro atoms. The average Bonchev–Trinajstić information content (AvgIpc) is 3.19. The van der Waals surface area contributed by atoms with Gasteiger partial charge < -0.3 is 9.73 Å². The molecule has 2 heterocycles. The first-order valence-corrected chi connectivity index (χ1v) is 9.70. The van der Waals surface area contributed by atoms with Gasteiger partial charge in [0.2, 0.25) is 5.89 Å². The summed E-state index contributed by atoms with van der Waals surface area (Å²) in [5.74, 6) is -0.505. The number of anilines is 1. The Morgan fingerprint density at radius 3 is 2.42 bits per heavy atom. The van der Waals surface area contributed by atoms with Crippen molar-refractivity contribution in [3.63, 3.8) is 0 Å². The number of fused-ring (bicyclic) bond motifs is 2. The summed E-state index contributed by atoms with van der Waals surface area (Å²) in [6.45, 7) is 3.60. The van der Waals surface area contributed by atoms with Crippen molar-refractivity contribution in [1.82, 2.24) is 15.0 Å². The molecule has 0 unspecified atom stereocenters. The van der Waals surface area contributed by atoms with Gasteiger partial charge in [-0.25, -0.2) is 19.3 Å². The van der Waals surface area contributed by atoms with Crippen LogP contribution in [0.4, 0.5) is 10.1 Å². The van der Waals surface area contributed by atoms with Gasteiger partial charge in [0, 0.05) is 17.3 Å². The third-order valence-electron chi connectivity index (χ3n) is 5.07. The third-order valence-corrected chi connectivity index (χ3v) is 5.07. The van der Waals surface area contributed by atoms with Crippen LogP contribution in [-0.4, -0.2) is 20.9 Å². The molecule has 5 rings (SSSR count). The number of para-hydroxylation sites is 2. The summed E-state index contributed by atoms with van der Waals surface area (Å²) in [6.07, 6.45) is 0. The smallest absolute Gasteiger partial charge is 0.258 e. The maximum atomic E-state index is 14.1. The van der Waals surface area contributed by atoms with Crippen molar-refractivity contribution < 1.29 is 13.6 Å². The van der Waals surface area contributed by atoms with Crippen LogP contribution in [-0.2, 0) is 0 Å². The van der Waals surface area contributed by atoms with Crippen molar-refractivity contribution in [2.75, 3.05) is 5.32 Å². The highest BCUT2D eigenvalue weighted by molar-refractivity contribution is 6.11. The van der Waals surface area contributed by atoms with E-state index in [2.05, 4.69) is 20.3 Å². The van der Waals surface area contributed by atoms with Gasteiger partial charge >= 0.3 is 0 Å². The zero-order valence-electron chi connectivity index (χ0n) is 16.8. The Hall–Kier alpha value is -4.13. The molecule has 0 aliphatic carbocycles. The lowest BCUT2D eigenvalue weighted by molar-refractivity contribution is 0.102. The average molecular weight is 412 g/mol. The number of carbonyl (C=O) groups excluding carboxylic acids is 1. The van der Waals surface area contributed by atoms with E-state index in [4.69, 9.17) is 4.42 Å². The number of carbonyl (C=O) groups is 1. The number of oxazole rings is 1. The molecule has 7 heteroatoms. The first-order chi connectivity index (χ1) is 15.0. The van der Waals surface area contributed by atoms with E-state index in [-0.39, 0.29) is 5.56 Å². The molecule has 152 valence electrons. The van der Waals surface area contributed by atoms with E-state index >= 15 is 0 Å². The van der Waals surface area contributed by atoms with Crippen molar-refractivity contribution in [2.24, 2.45) is 0 Å². The molecule has 0 saturated heterocycles. The SMILES string of the molecule is Cc1nc2cc(F)cc(C(=O)Nc3ccc(-c4nc5ccccc5o4)cc3)c2nc1C. The van der Waals surface area contributed by atoms with Gasteiger partial charge in [0.15, 0.2) is 5.58 Å². The second kappa shape index (κ2) is 7.28. The van der Waals surface area contributed by atoms with E-state index in [0.717, 1.165) is 11.1 Å². The van der Waals surface area contributed by atoms with Crippen LogP contribution in [0.3, 0.4) is 0 Å². The molecule has 3 aromatic carbocycles. The van der Waals surface area contributed by atoms with E-state index in [1.165, 1.54) is 12.1 Å². The summed E-state index contributed by atoms with van der Waals surface area (Å²) in [4.78, 5) is 26.1. The molecule has 0 atom stereocenters. The number of hydrogen-bond donors (Lipinski definition) is 1. The summed E-state index contributed by atoms with van der Waals surface area (Å²) >= 11 is 0. The highest BCUT2D eigenvalue weighted by Crippen LogP contribution is 2.26. The van der Waals surface area contributed by atoms with Gasteiger partial charge in [-0.15, -0.1) is 0 Å². The fraction of sp³-hybridized carbons (Fsp3) is 0.0833. The maximum Gasteiger partial charge on any atom is 0.258 e. The molecule has 0 bridgehead atoms. The second-order valence-electron chi connectivity index (χ2n) is 7.23. The van der Waals surface area contributed by atoms with Gasteiger partial charge in [0.05, 0.1) is 22.5 Å². The van der Waals surface area contributed by atoms with Crippen LogP contribution >= 0.6 is 0 Å². The summed E-state index contributed by atoms with van der Waals surface area (Å²) in [5, 5.41) is 2.79. The number of aryl methyl sites for hydroxylation is 2. The predicted molar refractivity (Wildman–Crippen MR) is 116 cm³/mol. The number of halogens is 1. The molecular weight excluding hydrogens is 395 g/mol. The lowest BCUT2D eigenvalue weighted by atomic mass is 10.1. The molecule has 0 saturated carbocycles. The van der Waals surface area contributed by atoms with Crippen LogP contribution in [0.2, 0.25) is 0 Å². The molecule has 5 aromatic rings. The van der Waals surface area contributed by atoms with E-state index in [0.29, 0.717) is 39.6 Å². The van der Waals surface area contributed by atoms with Gasteiger partial charge in [0.25, 0.3) is 5.91 Å². The second-order valence-corrected chi connectivity index (χ2v) is 7.23. The summed E-state index contributed by atoms with van der Waals surface area (Å²) in [6, 6.07) is 17.1. The summed E-state index contributed by atoms with van der Waals surface area (Å²) in [7, 11) is 0. The van der Waals surface area contributed by atoms with E-state index in [1.54, 1.807) is 38.1 Å². The Labute approximate surface area is 176 Å². The van der Waals surface area contributed by atoms with Crippen LogP contribution < -0.4 is 5.32 Å². The predicted octanol–water partition coefficient (Wildman–Crippen LogP) is 5.45. The number of rotatable bonds is 3. The van der Waals surface area contributed by atoms with Crippen LogP contribution in [0.25, 0.3) is 33.6 Å². The number of aromatic nitrogens is 3.